The first-order valence-electron chi connectivity index (χ1n) is 8.46. The fraction of sp³-hybridized carbons (Fsp3) is 0.824. The highest BCUT2D eigenvalue weighted by atomic mass is 15.3. The van der Waals surface area contributed by atoms with Crippen molar-refractivity contribution in [3.63, 3.8) is 0 Å². The number of aryl methyl sites for hydroxylation is 1. The number of hydrogen-bond acceptors (Lipinski definition) is 3. The van der Waals surface area contributed by atoms with E-state index in [-0.39, 0.29) is 5.54 Å². The first kappa shape index (κ1) is 16.5. The normalized spacial score (nSPS) is 22.9. The van der Waals surface area contributed by atoms with Crippen LogP contribution in [-0.2, 0) is 13.6 Å². The van der Waals surface area contributed by atoms with E-state index in [0.29, 0.717) is 6.04 Å². The van der Waals surface area contributed by atoms with Gasteiger partial charge in [-0.25, -0.2) is 0 Å². The monoisotopic (exact) mass is 292 g/mol. The molecule has 1 saturated heterocycles. The van der Waals surface area contributed by atoms with Crippen LogP contribution in [0.15, 0.2) is 12.3 Å². The number of nitrogens with one attached hydrogen (secondary N) is 1. The van der Waals surface area contributed by atoms with E-state index in [9.17, 15) is 0 Å². The zero-order valence-electron chi connectivity index (χ0n) is 14.4. The summed E-state index contributed by atoms with van der Waals surface area (Å²) in [4.78, 5) is 2.68. The molecule has 120 valence electrons. The highest BCUT2D eigenvalue weighted by molar-refractivity contribution is 5.04. The Morgan fingerprint density at radius 2 is 2.10 bits per heavy atom. The summed E-state index contributed by atoms with van der Waals surface area (Å²) in [5.74, 6) is 0.745. The summed E-state index contributed by atoms with van der Waals surface area (Å²) in [7, 11) is 2.00. The third kappa shape index (κ3) is 3.86. The van der Waals surface area contributed by atoms with Gasteiger partial charge in [0.1, 0.15) is 0 Å². The predicted octanol–water partition coefficient (Wildman–Crippen LogP) is 2.80. The summed E-state index contributed by atoms with van der Waals surface area (Å²) >= 11 is 0. The van der Waals surface area contributed by atoms with Crippen LogP contribution in [0.25, 0.3) is 0 Å². The minimum absolute atomic E-state index is 0.283. The van der Waals surface area contributed by atoms with E-state index < -0.39 is 0 Å². The Hall–Kier alpha value is -0.870. The van der Waals surface area contributed by atoms with Crippen molar-refractivity contribution in [1.82, 2.24) is 20.0 Å². The van der Waals surface area contributed by atoms with Crippen LogP contribution in [0.4, 0.5) is 0 Å². The topological polar surface area (TPSA) is 33.1 Å². The largest absolute Gasteiger partial charge is 0.311 e. The van der Waals surface area contributed by atoms with E-state index >= 15 is 0 Å². The van der Waals surface area contributed by atoms with Crippen LogP contribution in [0.5, 0.6) is 0 Å². The first-order valence-corrected chi connectivity index (χ1v) is 8.46. The van der Waals surface area contributed by atoms with Gasteiger partial charge in [-0.2, -0.15) is 5.10 Å². The van der Waals surface area contributed by atoms with Gasteiger partial charge >= 0.3 is 0 Å². The Bertz CT molecular complexity index is 434. The Morgan fingerprint density at radius 3 is 2.62 bits per heavy atom. The fourth-order valence-corrected chi connectivity index (χ4v) is 3.62. The van der Waals surface area contributed by atoms with Crippen molar-refractivity contribution in [1.29, 1.82) is 0 Å². The molecule has 2 rings (SSSR count). The first-order chi connectivity index (χ1) is 9.99. The van der Waals surface area contributed by atoms with Crippen LogP contribution >= 0.6 is 0 Å². The summed E-state index contributed by atoms with van der Waals surface area (Å²) < 4.78 is 1.91. The maximum absolute atomic E-state index is 4.58. The third-order valence-corrected chi connectivity index (χ3v) is 5.03. The van der Waals surface area contributed by atoms with Gasteiger partial charge in [0.2, 0.25) is 0 Å². The average molecular weight is 292 g/mol. The van der Waals surface area contributed by atoms with Gasteiger partial charge in [0.15, 0.2) is 0 Å². The number of rotatable bonds is 6. The molecule has 0 radical (unpaired) electrons. The Morgan fingerprint density at radius 1 is 1.38 bits per heavy atom. The van der Waals surface area contributed by atoms with E-state index in [1.165, 1.54) is 25.0 Å². The Labute approximate surface area is 129 Å². The number of nitrogens with zero attached hydrogens (tertiary/aromatic N) is 3. The van der Waals surface area contributed by atoms with Crippen molar-refractivity contribution >= 4 is 0 Å². The minimum Gasteiger partial charge on any atom is -0.311 e. The molecular formula is C17H32N4. The second-order valence-electron chi connectivity index (χ2n) is 7.00. The van der Waals surface area contributed by atoms with E-state index in [1.807, 2.05) is 17.9 Å². The van der Waals surface area contributed by atoms with Gasteiger partial charge in [-0.1, -0.05) is 27.7 Å². The summed E-state index contributed by atoms with van der Waals surface area (Å²) in [6, 6.07) is 2.76. The molecule has 1 aliphatic heterocycles. The molecule has 4 heteroatoms. The molecule has 4 nitrogen and oxygen atoms in total. The lowest BCUT2D eigenvalue weighted by atomic mass is 9.85. The SMILES string of the molecule is CCC1(CC)CNC(CC(C)C)CN1Cc1ccn(C)n1. The van der Waals surface area contributed by atoms with E-state index in [0.717, 1.165) is 25.6 Å². The number of hydrogen-bond donors (Lipinski definition) is 1. The van der Waals surface area contributed by atoms with E-state index in [2.05, 4.69) is 49.1 Å². The van der Waals surface area contributed by atoms with E-state index in [4.69, 9.17) is 0 Å². The number of piperazine rings is 1. The molecule has 1 aliphatic rings. The average Bonchev–Trinajstić information content (AvgIpc) is 2.85. The molecule has 21 heavy (non-hydrogen) atoms. The fourth-order valence-electron chi connectivity index (χ4n) is 3.62. The molecule has 0 spiro atoms. The van der Waals surface area contributed by atoms with E-state index in [1.54, 1.807) is 0 Å². The number of aromatic nitrogens is 2. The van der Waals surface area contributed by atoms with Crippen molar-refractivity contribution in [2.24, 2.45) is 13.0 Å². The highest BCUT2D eigenvalue weighted by Crippen LogP contribution is 2.29. The highest BCUT2D eigenvalue weighted by Gasteiger charge is 2.39. The van der Waals surface area contributed by atoms with Gasteiger partial charge < -0.3 is 5.32 Å². The molecule has 0 aromatic carbocycles. The lowest BCUT2D eigenvalue weighted by molar-refractivity contribution is 0.0196. The molecule has 1 N–H and O–H groups in total. The summed E-state index contributed by atoms with van der Waals surface area (Å²) in [6.07, 6.45) is 5.68. The van der Waals surface area contributed by atoms with Crippen LogP contribution in [0.3, 0.4) is 0 Å². The quantitative estimate of drug-likeness (QED) is 0.875. The molecule has 0 aliphatic carbocycles. The summed E-state index contributed by atoms with van der Waals surface area (Å²) in [6.45, 7) is 12.5. The molecule has 1 unspecified atom stereocenters. The molecule has 0 saturated carbocycles. The lowest BCUT2D eigenvalue weighted by Crippen LogP contribution is -2.64. The van der Waals surface area contributed by atoms with Crippen molar-refractivity contribution in [3.05, 3.63) is 18.0 Å². The predicted molar refractivity (Wildman–Crippen MR) is 88.2 cm³/mol. The second kappa shape index (κ2) is 6.93. The Kier molecular flexibility index (Phi) is 5.44. The third-order valence-electron chi connectivity index (χ3n) is 5.03. The minimum atomic E-state index is 0.283. The van der Waals surface area contributed by atoms with Gasteiger partial charge in [0.25, 0.3) is 0 Å². The smallest absolute Gasteiger partial charge is 0.0764 e. The molecule has 1 atom stereocenters. The second-order valence-corrected chi connectivity index (χ2v) is 7.00. The lowest BCUT2D eigenvalue weighted by Gasteiger charge is -2.50. The molecule has 0 bridgehead atoms. The van der Waals surface area contributed by atoms with Crippen LogP contribution in [0.1, 0.15) is 52.7 Å². The van der Waals surface area contributed by atoms with Gasteiger partial charge in [0, 0.05) is 44.5 Å². The molecule has 1 aromatic rings. The van der Waals surface area contributed by atoms with Gasteiger partial charge in [-0.05, 0) is 31.2 Å². The van der Waals surface area contributed by atoms with Crippen LogP contribution in [0, 0.1) is 5.92 Å². The van der Waals surface area contributed by atoms with Crippen LogP contribution in [-0.4, -0.2) is 39.4 Å². The van der Waals surface area contributed by atoms with Gasteiger partial charge in [-0.15, -0.1) is 0 Å². The standard InChI is InChI=1S/C17H32N4/c1-6-17(7-2)13-18-16(10-14(3)4)12-21(17)11-15-8-9-20(5)19-15/h8-9,14,16,18H,6-7,10-13H2,1-5H3. The summed E-state index contributed by atoms with van der Waals surface area (Å²) in [5, 5.41) is 8.38. The van der Waals surface area contributed by atoms with Crippen molar-refractivity contribution in [2.45, 2.75) is 65.1 Å². The molecule has 1 aromatic heterocycles. The maximum Gasteiger partial charge on any atom is 0.0764 e. The van der Waals surface area contributed by atoms with Gasteiger partial charge in [-0.3, -0.25) is 9.58 Å². The maximum atomic E-state index is 4.58. The Balaban J connectivity index is 2.12. The van der Waals surface area contributed by atoms with Crippen LogP contribution in [0.2, 0.25) is 0 Å². The molecular weight excluding hydrogens is 260 g/mol. The zero-order valence-corrected chi connectivity index (χ0v) is 14.4. The van der Waals surface area contributed by atoms with Gasteiger partial charge in [0.05, 0.1) is 5.69 Å². The summed E-state index contributed by atoms with van der Waals surface area (Å²) in [5.41, 5.74) is 1.47. The van der Waals surface area contributed by atoms with Crippen molar-refractivity contribution < 1.29 is 0 Å². The zero-order chi connectivity index (χ0) is 15.5. The molecule has 0 amide bonds. The molecule has 2 heterocycles. The van der Waals surface area contributed by atoms with Crippen LogP contribution < -0.4 is 5.32 Å². The van der Waals surface area contributed by atoms with Crippen molar-refractivity contribution in [2.75, 3.05) is 13.1 Å². The molecule has 1 fully saturated rings. The van der Waals surface area contributed by atoms with Crippen molar-refractivity contribution in [3.8, 4) is 0 Å².